The van der Waals surface area contributed by atoms with E-state index in [2.05, 4.69) is 0 Å². The average Bonchev–Trinajstić information content (AvgIpc) is 3.20. The monoisotopic (exact) mass is 397 g/mol. The lowest BCUT2D eigenvalue weighted by atomic mass is 10.1. The molecular weight excluding hydrogens is 378 g/mol. The Labute approximate surface area is 168 Å². The lowest BCUT2D eigenvalue weighted by Crippen LogP contribution is -2.41. The summed E-state index contributed by atoms with van der Waals surface area (Å²) < 4.78 is 12.3. The van der Waals surface area contributed by atoms with Crippen molar-refractivity contribution in [3.63, 3.8) is 0 Å². The molecule has 1 fully saturated rings. The van der Waals surface area contributed by atoms with Gasteiger partial charge in [-0.15, -0.1) is 0 Å². The summed E-state index contributed by atoms with van der Waals surface area (Å²) in [5.41, 5.74) is 2.91. The number of nitrogens with zero attached hydrogens (tertiary/aromatic N) is 3. The molecule has 0 bridgehead atoms. The van der Waals surface area contributed by atoms with Gasteiger partial charge in [-0.25, -0.2) is 4.68 Å². The number of hydrogen-bond donors (Lipinski definition) is 0. The maximum absolute atomic E-state index is 13.2. The summed E-state index contributed by atoms with van der Waals surface area (Å²) in [7, 11) is 1.63. The second-order valence-corrected chi connectivity index (χ2v) is 6.87. The number of carbonyl (C=O) groups is 1. The number of halogens is 1. The molecule has 0 saturated carbocycles. The molecule has 0 radical (unpaired) electrons. The second kappa shape index (κ2) is 8.04. The molecule has 1 saturated heterocycles. The molecule has 1 aromatic heterocycles. The van der Waals surface area contributed by atoms with Crippen molar-refractivity contribution in [3.8, 4) is 22.7 Å². The standard InChI is InChI=1S/C21H20ClN3O3/c1-27-18-8-2-15(3-9-18)19-14-20(21(26)24-10-12-28-13-11-24)25(23-19)17-6-4-16(22)5-7-17/h2-9,14H,10-13H2,1H3. The van der Waals surface area contributed by atoms with Gasteiger partial charge in [0.1, 0.15) is 11.4 Å². The Bertz CT molecular complexity index is 962. The van der Waals surface area contributed by atoms with Crippen molar-refractivity contribution in [2.45, 2.75) is 0 Å². The fourth-order valence-electron chi connectivity index (χ4n) is 3.14. The SMILES string of the molecule is COc1ccc(-c2cc(C(=O)N3CCOCC3)n(-c3ccc(Cl)cc3)n2)cc1. The molecule has 0 N–H and O–H groups in total. The number of ether oxygens (including phenoxy) is 2. The normalized spacial score (nSPS) is 14.1. The fraction of sp³-hybridized carbons (Fsp3) is 0.238. The summed E-state index contributed by atoms with van der Waals surface area (Å²) in [5.74, 6) is 0.705. The zero-order valence-corrected chi connectivity index (χ0v) is 16.2. The minimum atomic E-state index is -0.0643. The molecule has 4 rings (SSSR count). The van der Waals surface area contributed by atoms with Gasteiger partial charge in [0.05, 0.1) is 31.7 Å². The summed E-state index contributed by atoms with van der Waals surface area (Å²) in [6.45, 7) is 2.24. The highest BCUT2D eigenvalue weighted by atomic mass is 35.5. The van der Waals surface area contributed by atoms with Crippen molar-refractivity contribution < 1.29 is 14.3 Å². The lowest BCUT2D eigenvalue weighted by Gasteiger charge is -2.26. The Kier molecular flexibility index (Phi) is 5.32. The maximum atomic E-state index is 13.2. The number of rotatable bonds is 4. The number of hydrogen-bond acceptors (Lipinski definition) is 4. The van der Waals surface area contributed by atoms with Crippen molar-refractivity contribution in [2.75, 3.05) is 33.4 Å². The van der Waals surface area contributed by atoms with Crippen molar-refractivity contribution >= 4 is 17.5 Å². The van der Waals surface area contributed by atoms with Crippen LogP contribution in [0, 0.1) is 0 Å². The average molecular weight is 398 g/mol. The first-order valence-electron chi connectivity index (χ1n) is 9.03. The van der Waals surface area contributed by atoms with E-state index in [4.69, 9.17) is 26.2 Å². The van der Waals surface area contributed by atoms with Crippen molar-refractivity contribution in [1.82, 2.24) is 14.7 Å². The summed E-state index contributed by atoms with van der Waals surface area (Å²) >= 11 is 6.02. The molecule has 1 amide bonds. The number of methoxy groups -OCH3 is 1. The van der Waals surface area contributed by atoms with Crippen LogP contribution in [0.2, 0.25) is 5.02 Å². The van der Waals surface area contributed by atoms with Crippen LogP contribution < -0.4 is 4.74 Å². The Morgan fingerprint density at radius 3 is 2.39 bits per heavy atom. The third-order valence-corrected chi connectivity index (χ3v) is 4.94. The molecule has 1 aliphatic rings. The highest BCUT2D eigenvalue weighted by molar-refractivity contribution is 6.30. The molecular formula is C21H20ClN3O3. The molecule has 144 valence electrons. The molecule has 28 heavy (non-hydrogen) atoms. The Hall–Kier alpha value is -2.83. The summed E-state index contributed by atoms with van der Waals surface area (Å²) in [6, 6.07) is 16.7. The van der Waals surface area contributed by atoms with E-state index >= 15 is 0 Å². The summed E-state index contributed by atoms with van der Waals surface area (Å²) in [5, 5.41) is 5.34. The maximum Gasteiger partial charge on any atom is 0.272 e. The number of amides is 1. The Morgan fingerprint density at radius 1 is 1.07 bits per heavy atom. The number of morpholine rings is 1. The van der Waals surface area contributed by atoms with E-state index in [1.165, 1.54) is 0 Å². The van der Waals surface area contributed by atoms with Gasteiger partial charge in [-0.2, -0.15) is 5.10 Å². The smallest absolute Gasteiger partial charge is 0.272 e. The van der Waals surface area contributed by atoms with Crippen LogP contribution in [0.15, 0.2) is 54.6 Å². The first-order chi connectivity index (χ1) is 13.7. The van der Waals surface area contributed by atoms with Crippen LogP contribution >= 0.6 is 11.6 Å². The van der Waals surface area contributed by atoms with E-state index in [0.717, 1.165) is 17.0 Å². The second-order valence-electron chi connectivity index (χ2n) is 6.44. The van der Waals surface area contributed by atoms with Crippen LogP contribution in [0.1, 0.15) is 10.5 Å². The summed E-state index contributed by atoms with van der Waals surface area (Å²) in [4.78, 5) is 15.0. The minimum absolute atomic E-state index is 0.0643. The van der Waals surface area contributed by atoms with Crippen molar-refractivity contribution in [2.24, 2.45) is 0 Å². The van der Waals surface area contributed by atoms with Crippen LogP contribution in [0.4, 0.5) is 0 Å². The molecule has 0 aliphatic carbocycles. The predicted molar refractivity (Wildman–Crippen MR) is 107 cm³/mol. The van der Waals surface area contributed by atoms with Crippen molar-refractivity contribution in [3.05, 3.63) is 65.3 Å². The highest BCUT2D eigenvalue weighted by Crippen LogP contribution is 2.25. The third-order valence-electron chi connectivity index (χ3n) is 4.68. The molecule has 6 nitrogen and oxygen atoms in total. The minimum Gasteiger partial charge on any atom is -0.497 e. The molecule has 0 spiro atoms. The van der Waals surface area contributed by atoms with E-state index in [1.54, 1.807) is 28.8 Å². The molecule has 2 heterocycles. The first-order valence-corrected chi connectivity index (χ1v) is 9.41. The number of carbonyl (C=O) groups excluding carboxylic acids is 1. The zero-order valence-electron chi connectivity index (χ0n) is 15.5. The van der Waals surface area contributed by atoms with Gasteiger partial charge in [-0.1, -0.05) is 11.6 Å². The van der Waals surface area contributed by atoms with E-state index < -0.39 is 0 Å². The van der Waals surface area contributed by atoms with Crippen LogP contribution in [0.5, 0.6) is 5.75 Å². The van der Waals surface area contributed by atoms with E-state index in [-0.39, 0.29) is 5.91 Å². The molecule has 7 heteroatoms. The molecule has 1 aliphatic heterocycles. The van der Waals surface area contributed by atoms with Crippen LogP contribution in [-0.4, -0.2) is 54.0 Å². The van der Waals surface area contributed by atoms with Crippen molar-refractivity contribution in [1.29, 1.82) is 0 Å². The summed E-state index contributed by atoms with van der Waals surface area (Å²) in [6.07, 6.45) is 0. The fourth-order valence-corrected chi connectivity index (χ4v) is 3.27. The number of aromatic nitrogens is 2. The van der Waals surface area contributed by atoms with Crippen LogP contribution in [0.3, 0.4) is 0 Å². The predicted octanol–water partition coefficient (Wildman–Crippen LogP) is 3.67. The zero-order chi connectivity index (χ0) is 19.5. The molecule has 3 aromatic rings. The Morgan fingerprint density at radius 2 is 1.75 bits per heavy atom. The van der Waals surface area contributed by atoms with Gasteiger partial charge in [0.15, 0.2) is 0 Å². The third kappa shape index (κ3) is 3.74. The van der Waals surface area contributed by atoms with Crippen LogP contribution in [0.25, 0.3) is 16.9 Å². The van der Waals surface area contributed by atoms with Crippen LogP contribution in [-0.2, 0) is 4.74 Å². The van der Waals surface area contributed by atoms with Gasteiger partial charge in [0.25, 0.3) is 5.91 Å². The molecule has 0 atom stereocenters. The van der Waals surface area contributed by atoms with Gasteiger partial charge < -0.3 is 14.4 Å². The molecule has 0 unspecified atom stereocenters. The van der Waals surface area contributed by atoms with Gasteiger partial charge in [-0.3, -0.25) is 4.79 Å². The van der Waals surface area contributed by atoms with E-state index in [1.807, 2.05) is 42.5 Å². The lowest BCUT2D eigenvalue weighted by molar-refractivity contribution is 0.0297. The van der Waals surface area contributed by atoms with E-state index in [9.17, 15) is 4.79 Å². The highest BCUT2D eigenvalue weighted by Gasteiger charge is 2.24. The quantitative estimate of drug-likeness (QED) is 0.674. The van der Waals surface area contributed by atoms with Gasteiger partial charge in [-0.05, 0) is 54.6 Å². The molecule has 2 aromatic carbocycles. The van der Waals surface area contributed by atoms with Gasteiger partial charge >= 0.3 is 0 Å². The number of benzene rings is 2. The van der Waals surface area contributed by atoms with Gasteiger partial charge in [0.2, 0.25) is 0 Å². The van der Waals surface area contributed by atoms with Gasteiger partial charge in [0, 0.05) is 23.7 Å². The topological polar surface area (TPSA) is 56.6 Å². The van der Waals surface area contributed by atoms with E-state index in [0.29, 0.717) is 42.7 Å². The Balaban J connectivity index is 1.76. The largest absolute Gasteiger partial charge is 0.497 e. The first kappa shape index (κ1) is 18.5.